The van der Waals surface area contributed by atoms with Crippen molar-refractivity contribution in [2.75, 3.05) is 6.61 Å². The quantitative estimate of drug-likeness (QED) is 0.915. The van der Waals surface area contributed by atoms with Crippen molar-refractivity contribution in [3.05, 3.63) is 40.6 Å². The third-order valence-electron chi connectivity index (χ3n) is 4.35. The lowest BCUT2D eigenvalue weighted by molar-refractivity contribution is -0.126. The number of ether oxygens (including phenoxy) is 1. The van der Waals surface area contributed by atoms with E-state index < -0.39 is 0 Å². The Balaban J connectivity index is 1.55. The van der Waals surface area contributed by atoms with E-state index >= 15 is 0 Å². The predicted molar refractivity (Wildman–Crippen MR) is 90.3 cm³/mol. The summed E-state index contributed by atoms with van der Waals surface area (Å²) in [6, 6.07) is 4.28. The topological polar surface area (TPSA) is 56.1 Å². The Morgan fingerprint density at radius 2 is 2.48 bits per heavy atom. The maximum atomic E-state index is 12.4. The molecule has 5 nitrogen and oxygen atoms in total. The molecule has 2 aromatic rings. The predicted octanol–water partition coefficient (Wildman–Crippen LogP) is 2.70. The van der Waals surface area contributed by atoms with Gasteiger partial charge in [-0.05, 0) is 30.7 Å². The Hall–Kier alpha value is -1.66. The number of nitrogens with one attached hydrogen (secondary N) is 1. The molecular formula is C17H23N3O2S. The van der Waals surface area contributed by atoms with Crippen molar-refractivity contribution in [2.24, 2.45) is 13.0 Å². The fourth-order valence-corrected chi connectivity index (χ4v) is 3.81. The normalized spacial score (nSPS) is 22.7. The third-order valence-corrected chi connectivity index (χ3v) is 5.25. The molecule has 3 atom stereocenters. The number of carbonyl (C=O) groups excluding carboxylic acids is 1. The summed E-state index contributed by atoms with van der Waals surface area (Å²) in [6.45, 7) is 2.66. The van der Waals surface area contributed by atoms with Gasteiger partial charge < -0.3 is 14.6 Å². The van der Waals surface area contributed by atoms with Crippen LogP contribution in [0.15, 0.2) is 30.0 Å². The van der Waals surface area contributed by atoms with Gasteiger partial charge >= 0.3 is 0 Å². The van der Waals surface area contributed by atoms with E-state index in [1.165, 1.54) is 4.88 Å². The van der Waals surface area contributed by atoms with Gasteiger partial charge in [0.25, 0.3) is 0 Å². The summed E-state index contributed by atoms with van der Waals surface area (Å²) in [5, 5.41) is 5.25. The summed E-state index contributed by atoms with van der Waals surface area (Å²) in [5.74, 6) is 0.126. The molecule has 1 amide bonds. The van der Waals surface area contributed by atoms with Crippen molar-refractivity contribution < 1.29 is 9.53 Å². The highest BCUT2D eigenvalue weighted by molar-refractivity contribution is 7.09. The standard InChI is InChI=1S/C17H23N3O2S/c1-12(8-14-4-3-7-23-14)17(21)19-13-5-6-22-16(9-13)15-10-18-11-20(15)2/h3-4,7,10-13,16H,5-6,8-9H2,1-2H3,(H,19,21)/t12-,13-,16-/m1/s1. The Labute approximate surface area is 140 Å². The van der Waals surface area contributed by atoms with E-state index in [9.17, 15) is 4.79 Å². The first-order chi connectivity index (χ1) is 11.1. The Bertz CT molecular complexity index is 638. The lowest BCUT2D eigenvalue weighted by atomic mass is 9.99. The number of aryl methyl sites for hydroxylation is 1. The molecule has 2 aromatic heterocycles. The van der Waals surface area contributed by atoms with E-state index in [-0.39, 0.29) is 24.0 Å². The maximum absolute atomic E-state index is 12.4. The highest BCUT2D eigenvalue weighted by atomic mass is 32.1. The summed E-state index contributed by atoms with van der Waals surface area (Å²) >= 11 is 1.71. The van der Waals surface area contributed by atoms with Gasteiger partial charge in [-0.15, -0.1) is 11.3 Å². The lowest BCUT2D eigenvalue weighted by Gasteiger charge is -2.31. The second kappa shape index (κ2) is 7.27. The van der Waals surface area contributed by atoms with E-state index in [2.05, 4.69) is 21.7 Å². The third kappa shape index (κ3) is 4.00. The summed E-state index contributed by atoms with van der Waals surface area (Å²) in [5.41, 5.74) is 1.07. The van der Waals surface area contributed by atoms with Gasteiger partial charge in [0.05, 0.1) is 18.2 Å². The van der Waals surface area contributed by atoms with Crippen LogP contribution in [0.2, 0.25) is 0 Å². The minimum atomic E-state index is -0.00773. The molecule has 124 valence electrons. The summed E-state index contributed by atoms with van der Waals surface area (Å²) in [4.78, 5) is 17.8. The summed E-state index contributed by atoms with van der Waals surface area (Å²) in [6.07, 6.45) is 6.10. The van der Waals surface area contributed by atoms with Gasteiger partial charge in [-0.3, -0.25) is 4.79 Å². The van der Waals surface area contributed by atoms with Gasteiger partial charge in [0, 0.05) is 30.5 Å². The van der Waals surface area contributed by atoms with Crippen LogP contribution in [0.3, 0.4) is 0 Å². The van der Waals surface area contributed by atoms with Gasteiger partial charge in [0.2, 0.25) is 5.91 Å². The molecule has 1 aliphatic rings. The molecule has 1 saturated heterocycles. The van der Waals surface area contributed by atoms with E-state index in [0.29, 0.717) is 6.61 Å². The number of imidazole rings is 1. The fraction of sp³-hybridized carbons (Fsp3) is 0.529. The smallest absolute Gasteiger partial charge is 0.223 e. The second-order valence-corrected chi connectivity index (χ2v) is 7.24. The highest BCUT2D eigenvalue weighted by Crippen LogP contribution is 2.27. The molecule has 0 unspecified atom stereocenters. The molecular weight excluding hydrogens is 310 g/mol. The average Bonchev–Trinajstić information content (AvgIpc) is 3.19. The molecule has 3 heterocycles. The number of carbonyl (C=O) groups is 1. The maximum Gasteiger partial charge on any atom is 0.223 e. The molecule has 6 heteroatoms. The number of hydrogen-bond donors (Lipinski definition) is 1. The molecule has 1 aliphatic heterocycles. The molecule has 23 heavy (non-hydrogen) atoms. The van der Waals surface area contributed by atoms with Gasteiger partial charge in [0.15, 0.2) is 0 Å². The van der Waals surface area contributed by atoms with Crippen molar-refractivity contribution in [3.8, 4) is 0 Å². The number of nitrogens with zero attached hydrogens (tertiary/aromatic N) is 2. The first kappa shape index (κ1) is 16.2. The zero-order valence-electron chi connectivity index (χ0n) is 13.6. The number of hydrogen-bond acceptors (Lipinski definition) is 4. The zero-order valence-corrected chi connectivity index (χ0v) is 14.4. The second-order valence-electron chi connectivity index (χ2n) is 6.20. The van der Waals surface area contributed by atoms with Crippen LogP contribution in [0.25, 0.3) is 0 Å². The van der Waals surface area contributed by atoms with Crippen LogP contribution in [-0.4, -0.2) is 28.1 Å². The molecule has 3 rings (SSSR count). The first-order valence-electron chi connectivity index (χ1n) is 8.04. The number of amides is 1. The van der Waals surface area contributed by atoms with Gasteiger partial charge in [-0.1, -0.05) is 13.0 Å². The van der Waals surface area contributed by atoms with Crippen LogP contribution >= 0.6 is 11.3 Å². The molecule has 0 aromatic carbocycles. The van der Waals surface area contributed by atoms with E-state index in [1.54, 1.807) is 17.7 Å². The number of rotatable bonds is 5. The van der Waals surface area contributed by atoms with Crippen LogP contribution in [0.4, 0.5) is 0 Å². The Morgan fingerprint density at radius 1 is 1.61 bits per heavy atom. The van der Waals surface area contributed by atoms with Crippen LogP contribution in [0.5, 0.6) is 0 Å². The SMILES string of the molecule is C[C@H](Cc1cccs1)C(=O)N[C@@H]1CCO[C@@H](c2cncn2C)C1. The minimum Gasteiger partial charge on any atom is -0.372 e. The number of thiophene rings is 1. The summed E-state index contributed by atoms with van der Waals surface area (Å²) in [7, 11) is 1.97. The Kier molecular flexibility index (Phi) is 5.13. The van der Waals surface area contributed by atoms with Gasteiger partial charge in [-0.25, -0.2) is 4.98 Å². The van der Waals surface area contributed by atoms with Crippen molar-refractivity contribution in [1.82, 2.24) is 14.9 Å². The minimum absolute atomic E-state index is 0.00773. The molecule has 0 saturated carbocycles. The van der Waals surface area contributed by atoms with Crippen LogP contribution in [0.1, 0.15) is 36.4 Å². The molecule has 0 spiro atoms. The van der Waals surface area contributed by atoms with E-state index in [0.717, 1.165) is 25.0 Å². The molecule has 1 N–H and O–H groups in total. The largest absolute Gasteiger partial charge is 0.372 e. The van der Waals surface area contributed by atoms with Crippen molar-refractivity contribution in [1.29, 1.82) is 0 Å². The van der Waals surface area contributed by atoms with Crippen molar-refractivity contribution in [2.45, 2.75) is 38.3 Å². The van der Waals surface area contributed by atoms with Crippen LogP contribution < -0.4 is 5.32 Å². The summed E-state index contributed by atoms with van der Waals surface area (Å²) < 4.78 is 7.83. The first-order valence-corrected chi connectivity index (χ1v) is 8.92. The van der Waals surface area contributed by atoms with Crippen molar-refractivity contribution >= 4 is 17.2 Å². The van der Waals surface area contributed by atoms with Crippen LogP contribution in [0, 0.1) is 5.92 Å². The monoisotopic (exact) mass is 333 g/mol. The van der Waals surface area contributed by atoms with Crippen LogP contribution in [-0.2, 0) is 23.0 Å². The van der Waals surface area contributed by atoms with E-state index in [4.69, 9.17) is 4.74 Å². The van der Waals surface area contributed by atoms with Gasteiger partial charge in [0.1, 0.15) is 6.10 Å². The van der Waals surface area contributed by atoms with Gasteiger partial charge in [-0.2, -0.15) is 0 Å². The zero-order chi connectivity index (χ0) is 16.2. The fourth-order valence-electron chi connectivity index (χ4n) is 2.98. The number of aromatic nitrogens is 2. The Morgan fingerprint density at radius 3 is 3.17 bits per heavy atom. The van der Waals surface area contributed by atoms with Crippen molar-refractivity contribution in [3.63, 3.8) is 0 Å². The molecule has 0 aliphatic carbocycles. The van der Waals surface area contributed by atoms with E-state index in [1.807, 2.05) is 30.8 Å². The lowest BCUT2D eigenvalue weighted by Crippen LogP contribution is -2.42. The molecule has 0 bridgehead atoms. The molecule has 0 radical (unpaired) electrons. The average molecular weight is 333 g/mol. The highest BCUT2D eigenvalue weighted by Gasteiger charge is 2.27. The molecule has 1 fully saturated rings.